The van der Waals surface area contributed by atoms with Gasteiger partial charge in [0.2, 0.25) is 0 Å². The van der Waals surface area contributed by atoms with Gasteiger partial charge >= 0.3 is 0 Å². The van der Waals surface area contributed by atoms with E-state index >= 15 is 0 Å². The third-order valence-corrected chi connectivity index (χ3v) is 4.43. The fraction of sp³-hybridized carbons (Fsp3) is 0.889. The second-order valence-electron chi connectivity index (χ2n) is 6.36. The molecule has 0 bridgehead atoms. The van der Waals surface area contributed by atoms with Crippen molar-refractivity contribution in [2.24, 2.45) is 0 Å². The van der Waals surface area contributed by atoms with E-state index in [0.29, 0.717) is 6.42 Å². The zero-order valence-electron chi connectivity index (χ0n) is 13.7. The molecule has 0 unspecified atom stereocenters. The normalized spacial score (nSPS) is 26.9. The first-order valence-electron chi connectivity index (χ1n) is 8.81. The Hall–Kier alpha value is -0.380. The van der Waals surface area contributed by atoms with Gasteiger partial charge in [0.1, 0.15) is 0 Å². The van der Waals surface area contributed by atoms with Crippen LogP contribution in [0.4, 0.5) is 0 Å². The molecular formula is C18H34O3. The number of allylic oxidation sites excluding steroid dienone is 1. The van der Waals surface area contributed by atoms with Crippen molar-refractivity contribution >= 4 is 0 Å². The van der Waals surface area contributed by atoms with Gasteiger partial charge in [-0.05, 0) is 25.7 Å². The number of unbranched alkanes of at least 4 members (excludes halogenated alkanes) is 6. The number of hydrogen-bond acceptors (Lipinski definition) is 3. The molecule has 2 N–H and O–H groups in total. The third kappa shape index (κ3) is 7.44. The monoisotopic (exact) mass is 298 g/mol. The minimum atomic E-state index is -0.417. The first kappa shape index (κ1) is 18.7. The first-order chi connectivity index (χ1) is 10.2. The second kappa shape index (κ2) is 11.2. The van der Waals surface area contributed by atoms with Crippen molar-refractivity contribution in [3.8, 4) is 0 Å². The predicted molar refractivity (Wildman–Crippen MR) is 87.3 cm³/mol. The molecule has 0 aromatic carbocycles. The molecule has 0 aromatic heterocycles. The molecule has 1 aliphatic heterocycles. The van der Waals surface area contributed by atoms with Crippen molar-refractivity contribution in [2.75, 3.05) is 0 Å². The Morgan fingerprint density at radius 2 is 1.90 bits per heavy atom. The summed E-state index contributed by atoms with van der Waals surface area (Å²) in [5.74, 6) is 0. The Kier molecular flexibility index (Phi) is 9.98. The molecule has 3 heteroatoms. The Bertz CT molecular complexity index is 267. The van der Waals surface area contributed by atoms with Crippen LogP contribution in [0.1, 0.15) is 77.6 Å². The van der Waals surface area contributed by atoms with E-state index in [1.807, 2.05) is 6.08 Å². The topological polar surface area (TPSA) is 49.7 Å². The summed E-state index contributed by atoms with van der Waals surface area (Å²) >= 11 is 0. The maximum Gasteiger partial charge on any atom is 0.0864 e. The lowest BCUT2D eigenvalue weighted by molar-refractivity contribution is -0.0497. The molecule has 1 heterocycles. The van der Waals surface area contributed by atoms with Gasteiger partial charge in [0.25, 0.3) is 0 Å². The summed E-state index contributed by atoms with van der Waals surface area (Å²) in [5.41, 5.74) is 0. The quantitative estimate of drug-likeness (QED) is 0.423. The van der Waals surface area contributed by atoms with Crippen LogP contribution in [0.2, 0.25) is 0 Å². The maximum absolute atomic E-state index is 10.2. The van der Waals surface area contributed by atoms with Crippen molar-refractivity contribution in [2.45, 2.75) is 102 Å². The third-order valence-electron chi connectivity index (χ3n) is 4.43. The molecule has 124 valence electrons. The van der Waals surface area contributed by atoms with Crippen molar-refractivity contribution in [3.05, 3.63) is 12.7 Å². The van der Waals surface area contributed by atoms with Gasteiger partial charge in [0, 0.05) is 6.42 Å². The molecule has 0 amide bonds. The summed E-state index contributed by atoms with van der Waals surface area (Å²) in [7, 11) is 0. The van der Waals surface area contributed by atoms with Crippen LogP contribution >= 0.6 is 0 Å². The van der Waals surface area contributed by atoms with Gasteiger partial charge in [-0.15, -0.1) is 6.58 Å². The predicted octanol–water partition coefficient (Wildman–Crippen LogP) is 3.97. The summed E-state index contributed by atoms with van der Waals surface area (Å²) < 4.78 is 5.84. The molecule has 0 aromatic rings. The van der Waals surface area contributed by atoms with E-state index in [4.69, 9.17) is 4.74 Å². The zero-order chi connectivity index (χ0) is 15.5. The van der Waals surface area contributed by atoms with E-state index < -0.39 is 12.2 Å². The summed E-state index contributed by atoms with van der Waals surface area (Å²) in [5, 5.41) is 20.2. The second-order valence-corrected chi connectivity index (χ2v) is 6.36. The largest absolute Gasteiger partial charge is 0.390 e. The van der Waals surface area contributed by atoms with Crippen molar-refractivity contribution in [1.29, 1.82) is 0 Å². The van der Waals surface area contributed by atoms with Crippen LogP contribution in [0.3, 0.4) is 0 Å². The summed E-state index contributed by atoms with van der Waals surface area (Å²) in [6, 6.07) is 0. The van der Waals surface area contributed by atoms with E-state index in [-0.39, 0.29) is 12.2 Å². The molecule has 0 spiro atoms. The van der Waals surface area contributed by atoms with E-state index in [0.717, 1.165) is 38.5 Å². The van der Waals surface area contributed by atoms with Crippen LogP contribution < -0.4 is 0 Å². The molecule has 1 aliphatic rings. The molecule has 21 heavy (non-hydrogen) atoms. The molecule has 0 radical (unpaired) electrons. The molecule has 3 nitrogen and oxygen atoms in total. The lowest BCUT2D eigenvalue weighted by atomic mass is 10.0. The molecular weight excluding hydrogens is 264 g/mol. The number of aliphatic hydroxyl groups is 2. The Morgan fingerprint density at radius 3 is 2.62 bits per heavy atom. The molecule has 1 rings (SSSR count). The summed E-state index contributed by atoms with van der Waals surface area (Å²) in [4.78, 5) is 0. The van der Waals surface area contributed by atoms with E-state index in [9.17, 15) is 10.2 Å². The minimum Gasteiger partial charge on any atom is -0.390 e. The molecule has 0 aliphatic carbocycles. The van der Waals surface area contributed by atoms with Gasteiger partial charge in [-0.2, -0.15) is 0 Å². The number of ether oxygens (including phenoxy) is 1. The standard InChI is InChI=1S/C18H34O3/c1-3-5-7-8-9-10-11-12-15(19)18-14-16(20)17(21-18)13-6-4-2/h3,15-20H,1,4-14H2,2H3/t15-,16-,17-,18-/m0/s1. The molecule has 4 atom stereocenters. The van der Waals surface area contributed by atoms with Gasteiger partial charge in [-0.25, -0.2) is 0 Å². The number of hydrogen-bond donors (Lipinski definition) is 2. The van der Waals surface area contributed by atoms with Gasteiger partial charge in [0.15, 0.2) is 0 Å². The summed E-state index contributed by atoms with van der Waals surface area (Å²) in [6.45, 7) is 5.87. The Labute approximate surface area is 130 Å². The lowest BCUT2D eigenvalue weighted by Crippen LogP contribution is -2.26. The average Bonchev–Trinajstić information content (AvgIpc) is 2.85. The highest BCUT2D eigenvalue weighted by atomic mass is 16.5. The van der Waals surface area contributed by atoms with Gasteiger partial charge in [-0.3, -0.25) is 0 Å². The molecule has 0 saturated carbocycles. The number of aliphatic hydroxyl groups excluding tert-OH is 2. The van der Waals surface area contributed by atoms with Gasteiger partial charge in [0.05, 0.1) is 24.4 Å². The van der Waals surface area contributed by atoms with Gasteiger partial charge < -0.3 is 14.9 Å². The van der Waals surface area contributed by atoms with Crippen LogP contribution in [0.15, 0.2) is 12.7 Å². The average molecular weight is 298 g/mol. The van der Waals surface area contributed by atoms with Crippen LogP contribution in [0.5, 0.6) is 0 Å². The Balaban J connectivity index is 2.09. The smallest absolute Gasteiger partial charge is 0.0864 e. The first-order valence-corrected chi connectivity index (χ1v) is 8.81. The molecule has 1 saturated heterocycles. The Morgan fingerprint density at radius 1 is 1.19 bits per heavy atom. The highest BCUT2D eigenvalue weighted by Gasteiger charge is 2.36. The SMILES string of the molecule is C=CCCCCCCC[C@H](O)[C@@H]1C[C@H](O)[C@H](CCCC)O1. The van der Waals surface area contributed by atoms with Crippen LogP contribution in [-0.2, 0) is 4.74 Å². The van der Waals surface area contributed by atoms with E-state index in [2.05, 4.69) is 13.5 Å². The fourth-order valence-corrected chi connectivity index (χ4v) is 3.03. The van der Waals surface area contributed by atoms with Crippen LogP contribution in [0, 0.1) is 0 Å². The highest BCUT2D eigenvalue weighted by molar-refractivity contribution is 4.85. The van der Waals surface area contributed by atoms with Crippen molar-refractivity contribution < 1.29 is 14.9 Å². The van der Waals surface area contributed by atoms with Crippen molar-refractivity contribution in [3.63, 3.8) is 0 Å². The fourth-order valence-electron chi connectivity index (χ4n) is 3.03. The van der Waals surface area contributed by atoms with Crippen LogP contribution in [-0.4, -0.2) is 34.6 Å². The highest BCUT2D eigenvalue weighted by Crippen LogP contribution is 2.28. The zero-order valence-corrected chi connectivity index (χ0v) is 13.7. The maximum atomic E-state index is 10.2. The van der Waals surface area contributed by atoms with E-state index in [1.54, 1.807) is 0 Å². The van der Waals surface area contributed by atoms with Crippen LogP contribution in [0.25, 0.3) is 0 Å². The van der Waals surface area contributed by atoms with Crippen molar-refractivity contribution in [1.82, 2.24) is 0 Å². The lowest BCUT2D eigenvalue weighted by Gasteiger charge is -2.19. The minimum absolute atomic E-state index is 0.0662. The summed E-state index contributed by atoms with van der Waals surface area (Å²) in [6.07, 6.45) is 12.4. The van der Waals surface area contributed by atoms with E-state index in [1.165, 1.54) is 25.7 Å². The number of rotatable bonds is 12. The molecule has 1 fully saturated rings. The van der Waals surface area contributed by atoms with Gasteiger partial charge in [-0.1, -0.05) is 51.5 Å².